The van der Waals surface area contributed by atoms with E-state index in [0.29, 0.717) is 95.7 Å². The zero-order chi connectivity index (χ0) is 43.1. The van der Waals surface area contributed by atoms with Crippen LogP contribution in [0.25, 0.3) is 43.1 Å². The molecule has 310 valence electrons. The van der Waals surface area contributed by atoms with Gasteiger partial charge in [0.15, 0.2) is 0 Å². The number of carbonyl (C=O) groups is 4. The smallest absolute Gasteiger partial charge is 0.261 e. The fourth-order valence-electron chi connectivity index (χ4n) is 9.16. The molecule has 0 fully saturated rings. The van der Waals surface area contributed by atoms with E-state index in [-0.39, 0.29) is 41.4 Å². The highest BCUT2D eigenvalue weighted by molar-refractivity contribution is 6.43. The van der Waals surface area contributed by atoms with E-state index in [0.717, 1.165) is 35.3 Å². The number of nitrogens with zero attached hydrogens (tertiary/aromatic N) is 2. The van der Waals surface area contributed by atoms with Crippen molar-refractivity contribution in [2.24, 2.45) is 0 Å². The molecule has 0 saturated heterocycles. The molecule has 2 heterocycles. The molecule has 0 spiro atoms. The van der Waals surface area contributed by atoms with Crippen molar-refractivity contribution in [3.05, 3.63) is 118 Å². The van der Waals surface area contributed by atoms with Crippen molar-refractivity contribution in [1.82, 2.24) is 9.80 Å². The summed E-state index contributed by atoms with van der Waals surface area (Å²) >= 11 is 0. The van der Waals surface area contributed by atoms with E-state index in [1.54, 1.807) is 24.3 Å². The van der Waals surface area contributed by atoms with Gasteiger partial charge in [-0.15, -0.1) is 0 Å². The molecule has 0 aliphatic carbocycles. The van der Waals surface area contributed by atoms with Crippen molar-refractivity contribution in [2.75, 3.05) is 19.7 Å². The topological polar surface area (TPSA) is 113 Å². The molecular formula is C52H50N2O7. The van der Waals surface area contributed by atoms with Crippen LogP contribution < -0.4 is 9.47 Å². The number of amides is 4. The number of fused-ring (bicyclic) bond motifs is 2. The van der Waals surface area contributed by atoms with Gasteiger partial charge in [-0.2, -0.15) is 0 Å². The van der Waals surface area contributed by atoms with Crippen molar-refractivity contribution < 1.29 is 33.8 Å². The number of unbranched alkanes of at least 4 members (excludes halogenated alkanes) is 3. The van der Waals surface area contributed by atoms with Crippen LogP contribution in [0.4, 0.5) is 0 Å². The Balaban J connectivity index is 1.37. The summed E-state index contributed by atoms with van der Waals surface area (Å²) in [6, 6.07) is 26.4. The summed E-state index contributed by atoms with van der Waals surface area (Å²) in [5.74, 6) is 0.114. The summed E-state index contributed by atoms with van der Waals surface area (Å²) in [5.41, 5.74) is 3.46. The van der Waals surface area contributed by atoms with Crippen LogP contribution in [-0.4, -0.2) is 58.2 Å². The van der Waals surface area contributed by atoms with Crippen LogP contribution in [0.5, 0.6) is 23.0 Å². The van der Waals surface area contributed by atoms with Crippen LogP contribution in [0.1, 0.15) is 127 Å². The van der Waals surface area contributed by atoms with Crippen LogP contribution in [-0.2, 0) is 10.8 Å². The van der Waals surface area contributed by atoms with E-state index in [1.807, 2.05) is 60.7 Å². The molecule has 0 atom stereocenters. The first-order valence-corrected chi connectivity index (χ1v) is 21.3. The Morgan fingerprint density at radius 1 is 0.475 bits per heavy atom. The number of aliphatic hydroxyl groups excluding tert-OH is 1. The molecule has 61 heavy (non-hydrogen) atoms. The Bertz CT molecular complexity index is 2950. The number of hydrogen-bond acceptors (Lipinski definition) is 7. The summed E-state index contributed by atoms with van der Waals surface area (Å²) in [4.78, 5) is 59.8. The molecule has 7 aromatic carbocycles. The lowest BCUT2D eigenvalue weighted by Crippen LogP contribution is -2.42. The van der Waals surface area contributed by atoms with Crippen LogP contribution >= 0.6 is 0 Å². The summed E-state index contributed by atoms with van der Waals surface area (Å²) in [5, 5.41) is 14.8. The molecule has 9 rings (SSSR count). The van der Waals surface area contributed by atoms with Gasteiger partial charge >= 0.3 is 0 Å². The van der Waals surface area contributed by atoms with Crippen molar-refractivity contribution >= 4 is 66.7 Å². The van der Waals surface area contributed by atoms with Gasteiger partial charge in [-0.1, -0.05) is 104 Å². The third-order valence-electron chi connectivity index (χ3n) is 12.4. The minimum Gasteiger partial charge on any atom is -0.457 e. The second-order valence-corrected chi connectivity index (χ2v) is 18.5. The lowest BCUT2D eigenvalue weighted by atomic mass is 9.81. The highest BCUT2D eigenvalue weighted by Gasteiger charge is 2.39. The lowest BCUT2D eigenvalue weighted by Gasteiger charge is -2.31. The standard InChI is InChI=1S/C52H50N2O7/c1-8-9-10-11-24-53-47(56)35-22-20-33-44-40(61-32-18-14-30(15-19-32)52(5,6)7)28-38-42-36(48(57)54(25-26-55)50(38)59)23-21-34(46(42)44)43-39(27-37(49(53)58)41(35)45(33)43)60-31-16-12-29(13-17-31)51(2,3)4/h12-23,27-28,55H,8-11,24-26H2,1-7H3. The summed E-state index contributed by atoms with van der Waals surface area (Å²) in [6.07, 6.45) is 3.65. The Kier molecular flexibility index (Phi) is 9.66. The monoisotopic (exact) mass is 814 g/mol. The SMILES string of the molecule is CCCCCCN1C(=O)c2ccc3c4c(Oc5ccc(C(C)(C)C)cc5)cc5c6c(ccc(c7c(Oc8ccc(C(C)(C)C)cc8)cc(c2c37)C1=O)c64)C(=O)N(CCO)C5=O. The van der Waals surface area contributed by atoms with Gasteiger partial charge in [-0.05, 0) is 87.7 Å². The number of β-amino-alcohol motifs (C(OH)–C–C–N with tert-alkyl or cyclic N) is 1. The molecule has 4 amide bonds. The van der Waals surface area contributed by atoms with Crippen LogP contribution in [0.2, 0.25) is 0 Å². The molecule has 0 aromatic heterocycles. The Morgan fingerprint density at radius 3 is 1.28 bits per heavy atom. The molecule has 0 bridgehead atoms. The maximum atomic E-state index is 14.6. The number of carbonyl (C=O) groups excluding carboxylic acids is 4. The normalized spacial score (nSPS) is 14.4. The molecule has 0 radical (unpaired) electrons. The van der Waals surface area contributed by atoms with Crippen LogP contribution in [0.15, 0.2) is 84.9 Å². The Hall–Kier alpha value is -6.32. The number of aliphatic hydroxyl groups is 1. The van der Waals surface area contributed by atoms with Gasteiger partial charge in [-0.3, -0.25) is 29.0 Å². The second-order valence-electron chi connectivity index (χ2n) is 18.5. The third-order valence-corrected chi connectivity index (χ3v) is 12.4. The van der Waals surface area contributed by atoms with E-state index >= 15 is 0 Å². The molecule has 9 nitrogen and oxygen atoms in total. The molecule has 2 aliphatic heterocycles. The number of ether oxygens (including phenoxy) is 2. The largest absolute Gasteiger partial charge is 0.457 e. The van der Waals surface area contributed by atoms with Gasteiger partial charge < -0.3 is 14.6 Å². The zero-order valence-electron chi connectivity index (χ0n) is 35.8. The number of benzene rings is 7. The minimum absolute atomic E-state index is 0.0850. The van der Waals surface area contributed by atoms with E-state index in [4.69, 9.17) is 9.47 Å². The van der Waals surface area contributed by atoms with Gasteiger partial charge in [0.05, 0.1) is 24.3 Å². The molecular weight excluding hydrogens is 765 g/mol. The predicted octanol–water partition coefficient (Wildman–Crippen LogP) is 11.7. The van der Waals surface area contributed by atoms with E-state index in [1.165, 1.54) is 4.90 Å². The summed E-state index contributed by atoms with van der Waals surface area (Å²) < 4.78 is 13.6. The van der Waals surface area contributed by atoms with Gasteiger partial charge in [-0.25, -0.2) is 0 Å². The molecule has 2 aliphatic rings. The highest BCUT2D eigenvalue weighted by Crippen LogP contribution is 2.53. The van der Waals surface area contributed by atoms with E-state index in [9.17, 15) is 24.3 Å². The van der Waals surface area contributed by atoms with Gasteiger partial charge in [0.25, 0.3) is 23.6 Å². The minimum atomic E-state index is -0.537. The molecule has 0 unspecified atom stereocenters. The fourth-order valence-corrected chi connectivity index (χ4v) is 9.16. The average molecular weight is 815 g/mol. The predicted molar refractivity (Wildman–Crippen MR) is 240 cm³/mol. The molecule has 7 aromatic rings. The van der Waals surface area contributed by atoms with Crippen molar-refractivity contribution in [3.63, 3.8) is 0 Å². The van der Waals surface area contributed by atoms with Crippen molar-refractivity contribution in [3.8, 4) is 23.0 Å². The van der Waals surface area contributed by atoms with Gasteiger partial charge in [0.1, 0.15) is 23.0 Å². The average Bonchev–Trinajstić information content (AvgIpc) is 3.22. The number of hydrogen-bond donors (Lipinski definition) is 1. The first-order valence-electron chi connectivity index (χ1n) is 21.3. The maximum Gasteiger partial charge on any atom is 0.261 e. The van der Waals surface area contributed by atoms with Crippen molar-refractivity contribution in [2.45, 2.75) is 85.0 Å². The van der Waals surface area contributed by atoms with Crippen LogP contribution in [0.3, 0.4) is 0 Å². The Labute approximate surface area is 355 Å². The first kappa shape index (κ1) is 40.1. The maximum absolute atomic E-state index is 14.6. The quantitative estimate of drug-likeness (QED) is 0.0598. The first-order chi connectivity index (χ1) is 29.1. The highest BCUT2D eigenvalue weighted by atomic mass is 16.5. The number of imide groups is 2. The van der Waals surface area contributed by atoms with Gasteiger partial charge in [0, 0.05) is 50.0 Å². The zero-order valence-corrected chi connectivity index (χ0v) is 35.8. The van der Waals surface area contributed by atoms with Crippen LogP contribution in [0, 0.1) is 0 Å². The van der Waals surface area contributed by atoms with Crippen molar-refractivity contribution in [1.29, 1.82) is 0 Å². The number of rotatable bonds is 11. The fraction of sp³-hybridized carbons (Fsp3) is 0.308. The van der Waals surface area contributed by atoms with E-state index in [2.05, 4.69) is 48.5 Å². The summed E-state index contributed by atoms with van der Waals surface area (Å²) in [7, 11) is 0. The second kappa shape index (κ2) is 14.7. The molecule has 1 N–H and O–H groups in total. The molecule has 0 saturated carbocycles. The van der Waals surface area contributed by atoms with Gasteiger partial charge in [0.2, 0.25) is 0 Å². The summed E-state index contributed by atoms with van der Waals surface area (Å²) in [6.45, 7) is 14.7. The molecule has 9 heteroatoms. The Morgan fingerprint density at radius 2 is 0.885 bits per heavy atom. The lowest BCUT2D eigenvalue weighted by molar-refractivity contribution is 0.0574. The third kappa shape index (κ3) is 6.49. The van der Waals surface area contributed by atoms with E-state index < -0.39 is 11.8 Å².